The zero-order valence-corrected chi connectivity index (χ0v) is 43.4. The maximum Gasteiger partial charge on any atom is 0.472 e. The van der Waals surface area contributed by atoms with Crippen LogP contribution in [-0.4, -0.2) is 66.5 Å². The molecule has 11 nitrogen and oxygen atoms in total. The summed E-state index contributed by atoms with van der Waals surface area (Å²) in [7, 11) is -4.76. The van der Waals surface area contributed by atoms with Crippen molar-refractivity contribution < 1.29 is 52.2 Å². The second-order valence-electron chi connectivity index (χ2n) is 16.9. The fraction of sp³-hybridized carbons (Fsp3) is 0.661. The van der Waals surface area contributed by atoms with Crippen LogP contribution in [0.4, 0.5) is 0 Å². The van der Waals surface area contributed by atoms with E-state index in [1.165, 1.54) is 32.1 Å². The molecule has 0 spiro atoms. The predicted octanol–water partition coefficient (Wildman–Crippen LogP) is 14.9. The standard InChI is InChI=1S/C56H93O11P/c1-4-7-10-13-16-19-21-23-25-26-28-30-32-35-38-41-44-47-56(60)67-53(49-63-54(58)45-42-39-36-34-31-29-27-24-22-20-17-14-11-8-5-2)51-65-68(61,62)64-50-52(48-57)66-55(59)46-43-40-37-33-18-15-12-9-6-3/h7-8,10-11,16-17,19-20,23-25,27,31,34,39,42,52-53,57H,4-6,9,12-15,18,21-22,26,28-30,32-33,35-38,40-41,43-51H2,1-3H3,(H,61,62)/b10-7-,11-8-,19-16-,20-17-,25-23-,27-24-,34-31-,42-39-. The lowest BCUT2D eigenvalue weighted by Gasteiger charge is -2.21. The first-order valence-corrected chi connectivity index (χ1v) is 27.6. The summed E-state index contributed by atoms with van der Waals surface area (Å²) in [5.74, 6) is -1.64. The fourth-order valence-corrected chi connectivity index (χ4v) is 7.40. The number of hydrogen-bond donors (Lipinski definition) is 2. The van der Waals surface area contributed by atoms with Crippen LogP contribution in [0.15, 0.2) is 97.2 Å². The molecule has 0 heterocycles. The summed E-state index contributed by atoms with van der Waals surface area (Å²) in [6, 6.07) is 0. The number of hydrogen-bond acceptors (Lipinski definition) is 10. The van der Waals surface area contributed by atoms with Crippen LogP contribution >= 0.6 is 7.82 Å². The molecule has 388 valence electrons. The van der Waals surface area contributed by atoms with Gasteiger partial charge in [0.25, 0.3) is 0 Å². The molecule has 0 aliphatic heterocycles. The summed E-state index contributed by atoms with van der Waals surface area (Å²) in [4.78, 5) is 48.2. The Kier molecular flexibility index (Phi) is 47.2. The number of rotatable bonds is 47. The molecule has 0 aliphatic rings. The van der Waals surface area contributed by atoms with Crippen LogP contribution in [0, 0.1) is 0 Å². The third-order valence-electron chi connectivity index (χ3n) is 10.5. The average Bonchev–Trinajstić information content (AvgIpc) is 3.32. The van der Waals surface area contributed by atoms with Crippen LogP contribution in [0.1, 0.15) is 201 Å². The van der Waals surface area contributed by atoms with Crippen molar-refractivity contribution in [2.75, 3.05) is 26.4 Å². The van der Waals surface area contributed by atoms with Crippen molar-refractivity contribution in [1.29, 1.82) is 0 Å². The van der Waals surface area contributed by atoms with E-state index in [-0.39, 0.29) is 19.3 Å². The van der Waals surface area contributed by atoms with Gasteiger partial charge in [0.15, 0.2) is 6.10 Å². The highest BCUT2D eigenvalue weighted by atomic mass is 31.2. The topological polar surface area (TPSA) is 155 Å². The van der Waals surface area contributed by atoms with Crippen LogP contribution < -0.4 is 0 Å². The molecule has 0 saturated carbocycles. The normalized spacial score (nSPS) is 14.2. The third kappa shape index (κ3) is 47.5. The van der Waals surface area contributed by atoms with Gasteiger partial charge in [0.2, 0.25) is 0 Å². The molecule has 3 unspecified atom stereocenters. The molecule has 0 amide bonds. The number of aliphatic hydroxyl groups is 1. The Bertz CT molecular complexity index is 1510. The molecule has 0 rings (SSSR count). The smallest absolute Gasteiger partial charge is 0.461 e. The molecule has 0 fully saturated rings. The number of carbonyl (C=O) groups excluding carboxylic acids is 3. The number of allylic oxidation sites excluding steroid dienone is 15. The van der Waals surface area contributed by atoms with Crippen molar-refractivity contribution in [1.82, 2.24) is 0 Å². The number of ether oxygens (including phenoxy) is 3. The van der Waals surface area contributed by atoms with Crippen LogP contribution in [0.3, 0.4) is 0 Å². The highest BCUT2D eigenvalue weighted by molar-refractivity contribution is 7.47. The van der Waals surface area contributed by atoms with Gasteiger partial charge in [-0.2, -0.15) is 0 Å². The minimum Gasteiger partial charge on any atom is -0.461 e. The van der Waals surface area contributed by atoms with Gasteiger partial charge in [-0.25, -0.2) is 4.57 Å². The summed E-state index contributed by atoms with van der Waals surface area (Å²) < 4.78 is 39.2. The Morgan fingerprint density at radius 3 is 1.25 bits per heavy atom. The molecule has 0 aliphatic carbocycles. The van der Waals surface area contributed by atoms with E-state index in [4.69, 9.17) is 23.3 Å². The highest BCUT2D eigenvalue weighted by Gasteiger charge is 2.28. The molecular weight excluding hydrogens is 880 g/mol. The lowest BCUT2D eigenvalue weighted by Crippen LogP contribution is -2.30. The summed E-state index contributed by atoms with van der Waals surface area (Å²) in [5, 5.41) is 9.75. The highest BCUT2D eigenvalue weighted by Crippen LogP contribution is 2.43. The molecule has 0 bridgehead atoms. The van der Waals surface area contributed by atoms with Crippen molar-refractivity contribution in [2.45, 2.75) is 213 Å². The Morgan fingerprint density at radius 1 is 0.441 bits per heavy atom. The summed E-state index contributed by atoms with van der Waals surface area (Å²) in [5.41, 5.74) is 0. The van der Waals surface area contributed by atoms with Crippen LogP contribution in [0.5, 0.6) is 0 Å². The van der Waals surface area contributed by atoms with Gasteiger partial charge >= 0.3 is 25.7 Å². The van der Waals surface area contributed by atoms with Gasteiger partial charge in [-0.15, -0.1) is 0 Å². The lowest BCUT2D eigenvalue weighted by atomic mass is 10.1. The monoisotopic (exact) mass is 973 g/mol. The number of aliphatic hydroxyl groups excluding tert-OH is 1. The molecule has 0 aromatic heterocycles. The maximum absolute atomic E-state index is 12.8. The third-order valence-corrected chi connectivity index (χ3v) is 11.5. The lowest BCUT2D eigenvalue weighted by molar-refractivity contribution is -0.161. The zero-order valence-electron chi connectivity index (χ0n) is 42.5. The van der Waals surface area contributed by atoms with E-state index >= 15 is 0 Å². The zero-order chi connectivity index (χ0) is 49.9. The molecule has 0 radical (unpaired) electrons. The Balaban J connectivity index is 4.88. The first-order valence-electron chi connectivity index (χ1n) is 26.1. The molecule has 3 atom stereocenters. The van der Waals surface area contributed by atoms with E-state index < -0.39 is 64.4 Å². The van der Waals surface area contributed by atoms with E-state index in [1.807, 2.05) is 12.2 Å². The van der Waals surface area contributed by atoms with Gasteiger partial charge in [-0.05, 0) is 77.0 Å². The minimum absolute atomic E-state index is 0.0111. The largest absolute Gasteiger partial charge is 0.472 e. The summed E-state index contributed by atoms with van der Waals surface area (Å²) in [6.07, 6.45) is 57.0. The van der Waals surface area contributed by atoms with Gasteiger partial charge in [-0.1, -0.05) is 201 Å². The van der Waals surface area contributed by atoms with E-state index in [9.17, 15) is 28.9 Å². The maximum atomic E-state index is 12.8. The number of unbranched alkanes of at least 4 members (excludes halogenated alkanes) is 15. The molecule has 0 saturated heterocycles. The SMILES string of the molecule is CC/C=C\C/C=C\C/C=C\C/C=C\C/C=C\CC(=O)OCC(COP(=O)(O)OCC(CO)OC(=O)CCCCCCCCCCC)OC(=O)CCCCCCCCC/C=C\C/C=C\C/C=C\CC. The number of carbonyl (C=O) groups is 3. The van der Waals surface area contributed by atoms with Crippen molar-refractivity contribution in [3.05, 3.63) is 97.2 Å². The van der Waals surface area contributed by atoms with Gasteiger partial charge in [-0.3, -0.25) is 23.4 Å². The molecule has 68 heavy (non-hydrogen) atoms. The molecule has 0 aromatic rings. The van der Waals surface area contributed by atoms with Crippen molar-refractivity contribution in [3.8, 4) is 0 Å². The predicted molar refractivity (Wildman–Crippen MR) is 279 cm³/mol. The Labute approximate surface area is 412 Å². The van der Waals surface area contributed by atoms with Crippen molar-refractivity contribution in [2.24, 2.45) is 0 Å². The second kappa shape index (κ2) is 49.8. The minimum atomic E-state index is -4.76. The molecule has 12 heteroatoms. The van der Waals surface area contributed by atoms with E-state index in [1.54, 1.807) is 6.08 Å². The summed E-state index contributed by atoms with van der Waals surface area (Å²) in [6.45, 7) is 4.25. The second-order valence-corrected chi connectivity index (χ2v) is 18.4. The van der Waals surface area contributed by atoms with Crippen molar-refractivity contribution >= 4 is 25.7 Å². The Morgan fingerprint density at radius 2 is 0.809 bits per heavy atom. The number of esters is 3. The van der Waals surface area contributed by atoms with E-state index in [2.05, 4.69) is 99.8 Å². The van der Waals surface area contributed by atoms with Gasteiger partial charge < -0.3 is 24.2 Å². The quantitative estimate of drug-likeness (QED) is 0.0197. The van der Waals surface area contributed by atoms with Crippen LogP contribution in [0.25, 0.3) is 0 Å². The van der Waals surface area contributed by atoms with Gasteiger partial charge in [0.05, 0.1) is 26.2 Å². The van der Waals surface area contributed by atoms with Gasteiger partial charge in [0, 0.05) is 12.8 Å². The van der Waals surface area contributed by atoms with Crippen molar-refractivity contribution in [3.63, 3.8) is 0 Å². The fourth-order valence-electron chi connectivity index (χ4n) is 6.62. The van der Waals surface area contributed by atoms with Gasteiger partial charge in [0.1, 0.15) is 12.7 Å². The average molecular weight is 973 g/mol. The van der Waals surface area contributed by atoms with Crippen LogP contribution in [0.2, 0.25) is 0 Å². The molecular formula is C56H93O11P. The first-order chi connectivity index (χ1) is 33.2. The van der Waals surface area contributed by atoms with Crippen LogP contribution in [-0.2, 0) is 42.2 Å². The Hall–Kier alpha value is -3.60. The molecule has 2 N–H and O–H groups in total. The number of phosphoric ester groups is 1. The molecule has 0 aromatic carbocycles. The van der Waals surface area contributed by atoms with E-state index in [0.717, 1.165) is 109 Å². The first kappa shape index (κ1) is 64.4. The van der Waals surface area contributed by atoms with E-state index in [0.29, 0.717) is 19.3 Å². The summed E-state index contributed by atoms with van der Waals surface area (Å²) >= 11 is 0. The number of phosphoric acid groups is 1.